The van der Waals surface area contributed by atoms with Crippen LogP contribution in [-0.4, -0.2) is 18.4 Å². The maximum Gasteiger partial charge on any atom is 0.241 e. The van der Waals surface area contributed by atoms with Crippen LogP contribution in [0.15, 0.2) is 53.0 Å². The van der Waals surface area contributed by atoms with Gasteiger partial charge in [-0.3, -0.25) is 14.5 Å². The molecule has 0 atom stereocenters. The first-order chi connectivity index (χ1) is 10.6. The van der Waals surface area contributed by atoms with Crippen molar-refractivity contribution in [2.75, 3.05) is 16.3 Å². The van der Waals surface area contributed by atoms with E-state index < -0.39 is 0 Å². The molecule has 0 saturated heterocycles. The number of benzene rings is 2. The number of para-hydroxylation sites is 1. The normalized spacial score (nSPS) is 14.8. The van der Waals surface area contributed by atoms with E-state index in [1.807, 2.05) is 55.5 Å². The Labute approximate surface area is 137 Å². The van der Waals surface area contributed by atoms with Crippen molar-refractivity contribution in [3.8, 4) is 0 Å². The van der Waals surface area contributed by atoms with Crippen molar-refractivity contribution >= 4 is 44.8 Å². The predicted molar refractivity (Wildman–Crippen MR) is 90.4 cm³/mol. The molecule has 0 radical (unpaired) electrons. The first-order valence-corrected chi connectivity index (χ1v) is 7.89. The number of amides is 2. The lowest BCUT2D eigenvalue weighted by atomic mass is 10.2. The zero-order chi connectivity index (χ0) is 15.7. The van der Waals surface area contributed by atoms with E-state index in [-0.39, 0.29) is 18.2 Å². The smallest absolute Gasteiger partial charge is 0.241 e. The van der Waals surface area contributed by atoms with E-state index in [1.54, 1.807) is 9.80 Å². The van der Waals surface area contributed by atoms with Gasteiger partial charge in [-0.15, -0.1) is 0 Å². The number of carbonyl (C=O) groups excluding carboxylic acids is 2. The molecule has 0 spiro atoms. The monoisotopic (exact) mass is 358 g/mol. The van der Waals surface area contributed by atoms with Crippen LogP contribution in [0.5, 0.6) is 0 Å². The highest BCUT2D eigenvalue weighted by Gasteiger charge is 2.31. The molecule has 0 aliphatic carbocycles. The average Bonchev–Trinajstić information content (AvgIpc) is 2.60. The Kier molecular flexibility index (Phi) is 3.98. The number of nitrogens with zero attached hydrogens (tertiary/aromatic N) is 2. The maximum absolute atomic E-state index is 12.6. The molecule has 0 N–H and O–H groups in total. The van der Waals surface area contributed by atoms with Gasteiger partial charge in [-0.05, 0) is 37.3 Å². The lowest BCUT2D eigenvalue weighted by Crippen LogP contribution is -2.31. The molecule has 2 aromatic carbocycles. The number of carbonyl (C=O) groups is 2. The SMILES string of the molecule is CCN1C(=O)CC(=O)N(c2ccccc2)c2cc(Br)ccc21. The van der Waals surface area contributed by atoms with Gasteiger partial charge in [-0.25, -0.2) is 0 Å². The molecule has 3 rings (SSSR count). The third-order valence-corrected chi connectivity index (χ3v) is 4.15. The van der Waals surface area contributed by atoms with E-state index in [2.05, 4.69) is 15.9 Å². The maximum atomic E-state index is 12.6. The minimum atomic E-state index is -0.216. The Bertz CT molecular complexity index is 731. The van der Waals surface area contributed by atoms with Gasteiger partial charge >= 0.3 is 0 Å². The van der Waals surface area contributed by atoms with Gasteiger partial charge in [0.15, 0.2) is 0 Å². The second kappa shape index (κ2) is 5.93. The molecule has 0 saturated carbocycles. The summed E-state index contributed by atoms with van der Waals surface area (Å²) >= 11 is 3.45. The van der Waals surface area contributed by atoms with E-state index in [1.165, 1.54) is 0 Å². The summed E-state index contributed by atoms with van der Waals surface area (Å²) in [6.45, 7) is 2.44. The molecule has 112 valence electrons. The fourth-order valence-electron chi connectivity index (χ4n) is 2.68. The third kappa shape index (κ3) is 2.52. The molecular formula is C17H15BrN2O2. The molecule has 5 heteroatoms. The highest BCUT2D eigenvalue weighted by molar-refractivity contribution is 9.10. The van der Waals surface area contributed by atoms with Crippen LogP contribution in [0, 0.1) is 0 Å². The Balaban J connectivity index is 2.24. The molecule has 1 aliphatic rings. The Morgan fingerprint density at radius 1 is 1.00 bits per heavy atom. The van der Waals surface area contributed by atoms with Crippen molar-refractivity contribution in [3.63, 3.8) is 0 Å². The molecule has 4 nitrogen and oxygen atoms in total. The topological polar surface area (TPSA) is 40.6 Å². The average molecular weight is 359 g/mol. The van der Waals surface area contributed by atoms with E-state index in [0.29, 0.717) is 6.54 Å². The molecular weight excluding hydrogens is 344 g/mol. The quantitative estimate of drug-likeness (QED) is 0.764. The first kappa shape index (κ1) is 14.8. The number of anilines is 3. The zero-order valence-electron chi connectivity index (χ0n) is 12.1. The van der Waals surface area contributed by atoms with Gasteiger partial charge in [0.25, 0.3) is 0 Å². The van der Waals surface area contributed by atoms with Gasteiger partial charge in [0, 0.05) is 16.7 Å². The van der Waals surface area contributed by atoms with Crippen molar-refractivity contribution in [3.05, 3.63) is 53.0 Å². The van der Waals surface area contributed by atoms with Crippen molar-refractivity contribution in [2.45, 2.75) is 13.3 Å². The van der Waals surface area contributed by atoms with Crippen LogP contribution >= 0.6 is 15.9 Å². The molecule has 2 aromatic rings. The van der Waals surface area contributed by atoms with Crippen LogP contribution in [0.25, 0.3) is 0 Å². The molecule has 22 heavy (non-hydrogen) atoms. The molecule has 2 amide bonds. The van der Waals surface area contributed by atoms with Crippen molar-refractivity contribution < 1.29 is 9.59 Å². The summed E-state index contributed by atoms with van der Waals surface area (Å²) in [6.07, 6.45) is -0.130. The second-order valence-corrected chi connectivity index (χ2v) is 5.93. The summed E-state index contributed by atoms with van der Waals surface area (Å²) in [5.41, 5.74) is 2.24. The van der Waals surface area contributed by atoms with Gasteiger partial charge < -0.3 is 4.90 Å². The standard InChI is InChI=1S/C17H15BrN2O2/c1-2-19-14-9-8-12(18)10-15(14)20(17(22)11-16(19)21)13-6-4-3-5-7-13/h3-10H,2,11H2,1H3. The Morgan fingerprint density at radius 3 is 2.41 bits per heavy atom. The minimum Gasteiger partial charge on any atom is -0.310 e. The van der Waals surface area contributed by atoms with Gasteiger partial charge in [-0.2, -0.15) is 0 Å². The highest BCUT2D eigenvalue weighted by Crippen LogP contribution is 2.39. The van der Waals surface area contributed by atoms with E-state index in [0.717, 1.165) is 21.5 Å². The van der Waals surface area contributed by atoms with Crippen LogP contribution < -0.4 is 9.80 Å². The molecule has 0 bridgehead atoms. The second-order valence-electron chi connectivity index (χ2n) is 5.01. The molecule has 0 unspecified atom stereocenters. The summed E-state index contributed by atoms with van der Waals surface area (Å²) in [5, 5.41) is 0. The highest BCUT2D eigenvalue weighted by atomic mass is 79.9. The van der Waals surface area contributed by atoms with Gasteiger partial charge in [0.2, 0.25) is 11.8 Å². The fraction of sp³-hybridized carbons (Fsp3) is 0.176. The summed E-state index contributed by atoms with van der Waals surface area (Å²) in [6, 6.07) is 15.0. The number of fused-ring (bicyclic) bond motifs is 1. The molecule has 0 aromatic heterocycles. The number of hydrogen-bond acceptors (Lipinski definition) is 2. The Hall–Kier alpha value is -2.14. The Morgan fingerprint density at radius 2 is 1.73 bits per heavy atom. The van der Waals surface area contributed by atoms with Crippen molar-refractivity contribution in [1.82, 2.24) is 0 Å². The van der Waals surface area contributed by atoms with E-state index in [4.69, 9.17) is 0 Å². The largest absolute Gasteiger partial charge is 0.310 e. The van der Waals surface area contributed by atoms with Gasteiger partial charge in [0.1, 0.15) is 6.42 Å². The van der Waals surface area contributed by atoms with Crippen LogP contribution in [-0.2, 0) is 9.59 Å². The van der Waals surface area contributed by atoms with Crippen LogP contribution in [0.1, 0.15) is 13.3 Å². The number of hydrogen-bond donors (Lipinski definition) is 0. The van der Waals surface area contributed by atoms with Crippen LogP contribution in [0.3, 0.4) is 0 Å². The lowest BCUT2D eigenvalue weighted by Gasteiger charge is -2.25. The van der Waals surface area contributed by atoms with Gasteiger partial charge in [-0.1, -0.05) is 34.1 Å². The summed E-state index contributed by atoms with van der Waals surface area (Å²) < 4.78 is 0.866. The first-order valence-electron chi connectivity index (χ1n) is 7.09. The summed E-state index contributed by atoms with van der Waals surface area (Å²) in [4.78, 5) is 28.2. The van der Waals surface area contributed by atoms with Crippen LogP contribution in [0.2, 0.25) is 0 Å². The molecule has 1 aliphatic heterocycles. The van der Waals surface area contributed by atoms with Crippen LogP contribution in [0.4, 0.5) is 17.1 Å². The summed E-state index contributed by atoms with van der Waals surface area (Å²) in [5.74, 6) is -0.388. The minimum absolute atomic E-state index is 0.130. The van der Waals surface area contributed by atoms with Crippen molar-refractivity contribution in [1.29, 1.82) is 0 Å². The summed E-state index contributed by atoms with van der Waals surface area (Å²) in [7, 11) is 0. The number of halogens is 1. The number of rotatable bonds is 2. The van der Waals surface area contributed by atoms with E-state index in [9.17, 15) is 9.59 Å². The molecule has 0 fully saturated rings. The molecule has 1 heterocycles. The van der Waals surface area contributed by atoms with Gasteiger partial charge in [0.05, 0.1) is 11.4 Å². The zero-order valence-corrected chi connectivity index (χ0v) is 13.7. The van der Waals surface area contributed by atoms with Crippen molar-refractivity contribution in [2.24, 2.45) is 0 Å². The van der Waals surface area contributed by atoms with E-state index >= 15 is 0 Å². The predicted octanol–water partition coefficient (Wildman–Crippen LogP) is 3.87. The third-order valence-electron chi connectivity index (χ3n) is 3.65. The fourth-order valence-corrected chi connectivity index (χ4v) is 3.03. The lowest BCUT2D eigenvalue weighted by molar-refractivity contribution is -0.125.